The highest BCUT2D eigenvalue weighted by Gasteiger charge is 2.39. The number of benzene rings is 1. The van der Waals surface area contributed by atoms with Crippen LogP contribution in [0.2, 0.25) is 5.02 Å². The highest BCUT2D eigenvalue weighted by atomic mass is 35.5. The summed E-state index contributed by atoms with van der Waals surface area (Å²) in [6.07, 6.45) is 2.84. The molecule has 0 spiro atoms. The van der Waals surface area contributed by atoms with Crippen molar-refractivity contribution in [2.45, 2.75) is 24.8 Å². The predicted molar refractivity (Wildman–Crippen MR) is 64.0 cm³/mol. The number of fused-ring (bicyclic) bond motifs is 1. The van der Waals surface area contributed by atoms with Crippen molar-refractivity contribution in [3.05, 3.63) is 16.7 Å². The van der Waals surface area contributed by atoms with Crippen molar-refractivity contribution in [3.8, 4) is 17.2 Å². The fourth-order valence-electron chi connectivity index (χ4n) is 2.10. The molecule has 0 atom stereocenters. The molecule has 17 heavy (non-hydrogen) atoms. The first-order valence-electron chi connectivity index (χ1n) is 5.57. The van der Waals surface area contributed by atoms with E-state index in [9.17, 15) is 0 Å². The zero-order valence-corrected chi connectivity index (χ0v) is 10.3. The first-order chi connectivity index (χ1) is 8.13. The van der Waals surface area contributed by atoms with Crippen molar-refractivity contribution in [1.82, 2.24) is 0 Å². The highest BCUT2D eigenvalue weighted by molar-refractivity contribution is 6.34. The Morgan fingerprint density at radius 3 is 2.88 bits per heavy atom. The Morgan fingerprint density at radius 1 is 1.47 bits per heavy atom. The van der Waals surface area contributed by atoms with E-state index < -0.39 is 0 Å². The topological polar surface area (TPSA) is 53.7 Å². The SMILES string of the molecule is COc1c(CC2(N)CC2)cc2c(c1Cl)OCO2. The monoisotopic (exact) mass is 255 g/mol. The second kappa shape index (κ2) is 3.68. The number of hydrogen-bond donors (Lipinski definition) is 1. The number of nitrogens with two attached hydrogens (primary N) is 1. The average Bonchev–Trinajstić information content (AvgIpc) is 2.83. The molecule has 1 heterocycles. The molecule has 1 aromatic carbocycles. The molecule has 2 aliphatic rings. The molecule has 4 nitrogen and oxygen atoms in total. The molecule has 1 saturated carbocycles. The van der Waals surface area contributed by atoms with Gasteiger partial charge in [0.2, 0.25) is 6.79 Å². The maximum absolute atomic E-state index is 6.24. The Kier molecular flexibility index (Phi) is 2.38. The Morgan fingerprint density at radius 2 is 2.24 bits per heavy atom. The van der Waals surface area contributed by atoms with Crippen LogP contribution in [0.3, 0.4) is 0 Å². The van der Waals surface area contributed by atoms with E-state index in [1.54, 1.807) is 7.11 Å². The van der Waals surface area contributed by atoms with Gasteiger partial charge in [-0.15, -0.1) is 0 Å². The van der Waals surface area contributed by atoms with Gasteiger partial charge in [0.05, 0.1) is 7.11 Å². The Labute approximate surface area is 105 Å². The highest BCUT2D eigenvalue weighted by Crippen LogP contribution is 2.48. The van der Waals surface area contributed by atoms with Crippen LogP contribution < -0.4 is 19.9 Å². The summed E-state index contributed by atoms with van der Waals surface area (Å²) in [5.41, 5.74) is 7.02. The number of ether oxygens (including phenoxy) is 3. The molecule has 0 amide bonds. The van der Waals surface area contributed by atoms with Crippen LogP contribution >= 0.6 is 11.6 Å². The third-order valence-electron chi connectivity index (χ3n) is 3.28. The van der Waals surface area contributed by atoms with Gasteiger partial charge in [-0.05, 0) is 25.3 Å². The van der Waals surface area contributed by atoms with Gasteiger partial charge in [-0.1, -0.05) is 11.6 Å². The Balaban J connectivity index is 2.04. The number of hydrogen-bond acceptors (Lipinski definition) is 4. The van der Waals surface area contributed by atoms with Crippen molar-refractivity contribution < 1.29 is 14.2 Å². The van der Waals surface area contributed by atoms with Crippen LogP contribution in [0.25, 0.3) is 0 Å². The Hall–Kier alpha value is -1.13. The van der Waals surface area contributed by atoms with Crippen LogP contribution in [-0.4, -0.2) is 19.4 Å². The van der Waals surface area contributed by atoms with E-state index >= 15 is 0 Å². The lowest BCUT2D eigenvalue weighted by Crippen LogP contribution is -2.24. The molecule has 1 aliphatic carbocycles. The van der Waals surface area contributed by atoms with Crippen LogP contribution in [-0.2, 0) is 6.42 Å². The molecular formula is C12H14ClNO3. The van der Waals surface area contributed by atoms with Crippen molar-refractivity contribution in [2.24, 2.45) is 5.73 Å². The normalized spacial score (nSPS) is 19.2. The fraction of sp³-hybridized carbons (Fsp3) is 0.500. The first-order valence-corrected chi connectivity index (χ1v) is 5.95. The third kappa shape index (κ3) is 1.81. The van der Waals surface area contributed by atoms with Gasteiger partial charge in [-0.2, -0.15) is 0 Å². The summed E-state index contributed by atoms with van der Waals surface area (Å²) in [6.45, 7) is 0.204. The number of halogens is 1. The number of rotatable bonds is 3. The third-order valence-corrected chi connectivity index (χ3v) is 3.62. The molecule has 3 rings (SSSR count). The summed E-state index contributed by atoms with van der Waals surface area (Å²) in [5, 5.41) is 0.474. The minimum absolute atomic E-state index is 0.0929. The van der Waals surface area contributed by atoms with Gasteiger partial charge in [0.25, 0.3) is 0 Å². The molecule has 0 aromatic heterocycles. The lowest BCUT2D eigenvalue weighted by atomic mass is 10.0. The lowest BCUT2D eigenvalue weighted by molar-refractivity contribution is 0.174. The van der Waals surface area contributed by atoms with Gasteiger partial charge in [-0.25, -0.2) is 0 Å². The van der Waals surface area contributed by atoms with Crippen molar-refractivity contribution in [2.75, 3.05) is 13.9 Å². The number of methoxy groups -OCH3 is 1. The molecule has 1 fully saturated rings. The van der Waals surface area contributed by atoms with Gasteiger partial charge in [0.15, 0.2) is 11.5 Å². The van der Waals surface area contributed by atoms with E-state index in [0.717, 1.165) is 24.8 Å². The minimum Gasteiger partial charge on any atom is -0.495 e. The maximum Gasteiger partial charge on any atom is 0.231 e. The summed E-state index contributed by atoms with van der Waals surface area (Å²) in [7, 11) is 1.60. The molecule has 1 aliphatic heterocycles. The van der Waals surface area contributed by atoms with Gasteiger partial charge in [-0.3, -0.25) is 0 Å². The molecule has 92 valence electrons. The van der Waals surface area contributed by atoms with E-state index in [2.05, 4.69) is 0 Å². The van der Waals surface area contributed by atoms with Gasteiger partial charge in [0, 0.05) is 11.1 Å². The molecule has 5 heteroatoms. The molecular weight excluding hydrogens is 242 g/mol. The quantitative estimate of drug-likeness (QED) is 0.899. The molecule has 2 N–H and O–H groups in total. The summed E-state index contributed by atoms with van der Waals surface area (Å²) in [5.74, 6) is 1.89. The standard InChI is InChI=1S/C12H14ClNO3/c1-15-10-7(5-12(14)2-3-12)4-8-11(9(10)13)17-6-16-8/h4H,2-3,5-6,14H2,1H3. The van der Waals surface area contributed by atoms with E-state index in [1.807, 2.05) is 6.07 Å². The van der Waals surface area contributed by atoms with Crippen molar-refractivity contribution in [1.29, 1.82) is 0 Å². The summed E-state index contributed by atoms with van der Waals surface area (Å²) in [4.78, 5) is 0. The molecule has 1 aromatic rings. The van der Waals surface area contributed by atoms with Crippen LogP contribution in [0.15, 0.2) is 6.07 Å². The second-order valence-corrected chi connectivity index (χ2v) is 5.03. The van der Waals surface area contributed by atoms with E-state index in [0.29, 0.717) is 22.3 Å². The zero-order chi connectivity index (χ0) is 12.0. The van der Waals surface area contributed by atoms with Crippen LogP contribution in [0.4, 0.5) is 0 Å². The molecule has 0 unspecified atom stereocenters. The maximum atomic E-state index is 6.24. The molecule has 0 saturated heterocycles. The van der Waals surface area contributed by atoms with Crippen molar-refractivity contribution >= 4 is 11.6 Å². The second-order valence-electron chi connectivity index (χ2n) is 4.66. The smallest absolute Gasteiger partial charge is 0.231 e. The van der Waals surface area contributed by atoms with Gasteiger partial charge >= 0.3 is 0 Å². The molecule has 0 radical (unpaired) electrons. The van der Waals surface area contributed by atoms with Gasteiger partial charge < -0.3 is 19.9 Å². The zero-order valence-electron chi connectivity index (χ0n) is 9.59. The van der Waals surface area contributed by atoms with Crippen molar-refractivity contribution in [3.63, 3.8) is 0 Å². The minimum atomic E-state index is -0.0929. The van der Waals surface area contributed by atoms with E-state index in [1.165, 1.54) is 0 Å². The van der Waals surface area contributed by atoms with Crippen LogP contribution in [0, 0.1) is 0 Å². The summed E-state index contributed by atoms with van der Waals surface area (Å²) < 4.78 is 16.0. The Bertz CT molecular complexity index is 471. The van der Waals surface area contributed by atoms with Crippen LogP contribution in [0.1, 0.15) is 18.4 Å². The largest absolute Gasteiger partial charge is 0.495 e. The lowest BCUT2D eigenvalue weighted by Gasteiger charge is -2.15. The molecule has 0 bridgehead atoms. The van der Waals surface area contributed by atoms with Crippen LogP contribution in [0.5, 0.6) is 17.2 Å². The summed E-state index contributed by atoms with van der Waals surface area (Å²) >= 11 is 6.24. The van der Waals surface area contributed by atoms with Gasteiger partial charge in [0.1, 0.15) is 10.8 Å². The summed E-state index contributed by atoms with van der Waals surface area (Å²) in [6, 6.07) is 1.92. The van der Waals surface area contributed by atoms with E-state index in [4.69, 9.17) is 31.5 Å². The van der Waals surface area contributed by atoms with E-state index in [-0.39, 0.29) is 12.3 Å². The predicted octanol–water partition coefficient (Wildman–Crippen LogP) is 2.11. The fourth-order valence-corrected chi connectivity index (χ4v) is 2.45. The average molecular weight is 256 g/mol. The first kappa shape index (κ1) is 11.0.